The highest BCUT2D eigenvalue weighted by molar-refractivity contribution is 6.07. The summed E-state index contributed by atoms with van der Waals surface area (Å²) < 4.78 is 0. The molecule has 3 heteroatoms. The number of H-pyrrole nitrogens is 1. The quantitative estimate of drug-likeness (QED) is 0.740. The maximum atomic E-state index is 11.6. The van der Waals surface area contributed by atoms with Crippen LogP contribution in [0.5, 0.6) is 0 Å². The molecule has 1 aliphatic carbocycles. The smallest absolute Gasteiger partial charge is 0.179 e. The van der Waals surface area contributed by atoms with Gasteiger partial charge in [-0.3, -0.25) is 9.59 Å². The Morgan fingerprint density at radius 1 is 1.31 bits per heavy atom. The normalized spacial score (nSPS) is 14.4. The summed E-state index contributed by atoms with van der Waals surface area (Å²) in [5.74, 6) is 0.233. The molecule has 0 amide bonds. The largest absolute Gasteiger partial charge is 0.352 e. The molecule has 3 nitrogen and oxygen atoms in total. The third kappa shape index (κ3) is 1.14. The molecule has 1 aliphatic rings. The Labute approximate surface area is 92.5 Å². The number of aromatic nitrogens is 1. The van der Waals surface area contributed by atoms with Gasteiger partial charge in [0.05, 0.1) is 5.69 Å². The van der Waals surface area contributed by atoms with E-state index in [0.717, 1.165) is 28.6 Å². The first-order valence-corrected chi connectivity index (χ1v) is 5.35. The van der Waals surface area contributed by atoms with Crippen LogP contribution in [0.25, 0.3) is 10.9 Å². The third-order valence-corrected chi connectivity index (χ3v) is 3.19. The summed E-state index contributed by atoms with van der Waals surface area (Å²) in [6, 6.07) is 5.55. The summed E-state index contributed by atoms with van der Waals surface area (Å²) in [6.07, 6.45) is 1.37. The lowest BCUT2D eigenvalue weighted by atomic mass is 10.1. The van der Waals surface area contributed by atoms with E-state index in [9.17, 15) is 9.59 Å². The minimum absolute atomic E-state index is 0.0566. The average Bonchev–Trinajstić information content (AvgIpc) is 2.78. The van der Waals surface area contributed by atoms with Crippen molar-refractivity contribution in [2.45, 2.75) is 19.8 Å². The van der Waals surface area contributed by atoms with Gasteiger partial charge in [-0.05, 0) is 37.1 Å². The molecule has 0 radical (unpaired) electrons. The second kappa shape index (κ2) is 3.04. The van der Waals surface area contributed by atoms with Gasteiger partial charge < -0.3 is 4.98 Å². The molecule has 0 atom stereocenters. The number of aromatic amines is 1. The van der Waals surface area contributed by atoms with E-state index < -0.39 is 0 Å². The monoisotopic (exact) mass is 213 g/mol. The van der Waals surface area contributed by atoms with Crippen LogP contribution in [0.1, 0.15) is 39.8 Å². The number of hydrogen-bond donors (Lipinski definition) is 1. The maximum absolute atomic E-state index is 11.6. The molecule has 1 heterocycles. The number of fused-ring (bicyclic) bond motifs is 3. The van der Waals surface area contributed by atoms with E-state index in [1.807, 2.05) is 12.1 Å². The number of carbonyl (C=O) groups excluding carboxylic acids is 2. The van der Waals surface area contributed by atoms with Crippen LogP contribution in [0.2, 0.25) is 0 Å². The number of rotatable bonds is 1. The molecule has 0 fully saturated rings. The maximum Gasteiger partial charge on any atom is 0.179 e. The Bertz CT molecular complexity index is 622. The average molecular weight is 213 g/mol. The number of benzene rings is 1. The molecule has 0 saturated heterocycles. The van der Waals surface area contributed by atoms with Gasteiger partial charge in [0.15, 0.2) is 11.6 Å². The number of hydrogen-bond acceptors (Lipinski definition) is 2. The highest BCUT2D eigenvalue weighted by Crippen LogP contribution is 2.30. The van der Waals surface area contributed by atoms with E-state index in [-0.39, 0.29) is 11.6 Å². The standard InChI is InChI=1S/C13H11NO2/c1-7(15)8-2-4-11-10(6-8)9-3-5-12(16)13(9)14-11/h2,4,6,14H,3,5H2,1H3. The van der Waals surface area contributed by atoms with Crippen LogP contribution in [0, 0.1) is 0 Å². The summed E-state index contributed by atoms with van der Waals surface area (Å²) in [6.45, 7) is 1.55. The summed E-state index contributed by atoms with van der Waals surface area (Å²) in [5, 5.41) is 1.02. The van der Waals surface area contributed by atoms with E-state index in [1.54, 1.807) is 13.0 Å². The van der Waals surface area contributed by atoms with E-state index in [2.05, 4.69) is 4.98 Å². The molecular formula is C13H11NO2. The first-order valence-electron chi connectivity index (χ1n) is 5.35. The number of carbonyl (C=O) groups is 2. The van der Waals surface area contributed by atoms with Crippen LogP contribution in [-0.2, 0) is 6.42 Å². The van der Waals surface area contributed by atoms with Crippen molar-refractivity contribution in [3.63, 3.8) is 0 Å². The Morgan fingerprint density at radius 3 is 2.88 bits per heavy atom. The summed E-state index contributed by atoms with van der Waals surface area (Å²) in [5.41, 5.74) is 3.45. The number of nitrogens with one attached hydrogen (secondary N) is 1. The van der Waals surface area contributed by atoms with Crippen molar-refractivity contribution in [2.24, 2.45) is 0 Å². The highest BCUT2D eigenvalue weighted by Gasteiger charge is 2.24. The van der Waals surface area contributed by atoms with Crippen LogP contribution in [0.15, 0.2) is 18.2 Å². The van der Waals surface area contributed by atoms with E-state index in [4.69, 9.17) is 0 Å². The van der Waals surface area contributed by atoms with Crippen LogP contribution < -0.4 is 0 Å². The fourth-order valence-corrected chi connectivity index (χ4v) is 2.33. The van der Waals surface area contributed by atoms with Crippen molar-refractivity contribution < 1.29 is 9.59 Å². The van der Waals surface area contributed by atoms with Crippen LogP contribution >= 0.6 is 0 Å². The van der Waals surface area contributed by atoms with Gasteiger partial charge in [-0.25, -0.2) is 0 Å². The van der Waals surface area contributed by atoms with Crippen LogP contribution in [0.4, 0.5) is 0 Å². The first-order chi connectivity index (χ1) is 7.66. The van der Waals surface area contributed by atoms with Crippen molar-refractivity contribution in [1.29, 1.82) is 0 Å². The van der Waals surface area contributed by atoms with E-state index in [0.29, 0.717) is 12.0 Å². The fourth-order valence-electron chi connectivity index (χ4n) is 2.33. The van der Waals surface area contributed by atoms with Crippen molar-refractivity contribution in [1.82, 2.24) is 4.98 Å². The molecule has 1 aromatic heterocycles. The summed E-state index contributed by atoms with van der Waals surface area (Å²) in [7, 11) is 0. The van der Waals surface area contributed by atoms with Crippen LogP contribution in [0.3, 0.4) is 0 Å². The second-order valence-corrected chi connectivity index (χ2v) is 4.22. The van der Waals surface area contributed by atoms with E-state index in [1.165, 1.54) is 0 Å². The SMILES string of the molecule is CC(=O)c1ccc2[nH]c3c(c2c1)CCC3=O. The summed E-state index contributed by atoms with van der Waals surface area (Å²) >= 11 is 0. The molecule has 80 valence electrons. The van der Waals surface area contributed by atoms with Gasteiger partial charge >= 0.3 is 0 Å². The molecule has 0 bridgehead atoms. The van der Waals surface area contributed by atoms with Crippen molar-refractivity contribution in [3.8, 4) is 0 Å². The van der Waals surface area contributed by atoms with Gasteiger partial charge in [-0.1, -0.05) is 0 Å². The molecule has 3 rings (SSSR count). The van der Waals surface area contributed by atoms with Gasteiger partial charge in [-0.15, -0.1) is 0 Å². The molecular weight excluding hydrogens is 202 g/mol. The lowest BCUT2D eigenvalue weighted by Crippen LogP contribution is -1.92. The van der Waals surface area contributed by atoms with Gasteiger partial charge in [0.25, 0.3) is 0 Å². The van der Waals surface area contributed by atoms with Crippen molar-refractivity contribution in [3.05, 3.63) is 35.0 Å². The topological polar surface area (TPSA) is 49.9 Å². The zero-order chi connectivity index (χ0) is 11.3. The minimum Gasteiger partial charge on any atom is -0.352 e. The molecule has 0 spiro atoms. The Morgan fingerprint density at radius 2 is 2.12 bits per heavy atom. The number of ketones is 2. The van der Waals surface area contributed by atoms with Gasteiger partial charge in [0, 0.05) is 22.9 Å². The molecule has 2 aromatic rings. The molecule has 16 heavy (non-hydrogen) atoms. The Balaban J connectivity index is 2.31. The number of Topliss-reactive ketones (excluding diaryl/α,β-unsaturated/α-hetero) is 2. The Kier molecular flexibility index (Phi) is 1.78. The highest BCUT2D eigenvalue weighted by atomic mass is 16.1. The molecule has 0 aliphatic heterocycles. The Hall–Kier alpha value is -1.90. The summed E-state index contributed by atoms with van der Waals surface area (Å²) in [4.78, 5) is 26.0. The van der Waals surface area contributed by atoms with Crippen molar-refractivity contribution in [2.75, 3.05) is 0 Å². The zero-order valence-electron chi connectivity index (χ0n) is 8.96. The van der Waals surface area contributed by atoms with Crippen molar-refractivity contribution >= 4 is 22.5 Å². The zero-order valence-corrected chi connectivity index (χ0v) is 8.96. The first kappa shape index (κ1) is 9.33. The second-order valence-electron chi connectivity index (χ2n) is 4.22. The van der Waals surface area contributed by atoms with Gasteiger partial charge in [0.1, 0.15) is 0 Å². The number of aryl methyl sites for hydroxylation is 1. The van der Waals surface area contributed by atoms with Crippen LogP contribution in [-0.4, -0.2) is 16.6 Å². The fraction of sp³-hybridized carbons (Fsp3) is 0.231. The van der Waals surface area contributed by atoms with Gasteiger partial charge in [-0.2, -0.15) is 0 Å². The third-order valence-electron chi connectivity index (χ3n) is 3.19. The molecule has 0 unspecified atom stereocenters. The lowest BCUT2D eigenvalue weighted by Gasteiger charge is -1.97. The molecule has 0 saturated carbocycles. The minimum atomic E-state index is 0.0566. The van der Waals surface area contributed by atoms with Gasteiger partial charge in [0.2, 0.25) is 0 Å². The lowest BCUT2D eigenvalue weighted by molar-refractivity contribution is 0.0988. The van der Waals surface area contributed by atoms with E-state index >= 15 is 0 Å². The molecule has 1 N–H and O–H groups in total. The predicted octanol–water partition coefficient (Wildman–Crippen LogP) is 2.50. The predicted molar refractivity (Wildman–Crippen MR) is 61.0 cm³/mol. The molecule has 1 aromatic carbocycles.